The summed E-state index contributed by atoms with van der Waals surface area (Å²) in [6.45, 7) is 1.95. The van der Waals surface area contributed by atoms with Crippen LogP contribution in [-0.4, -0.2) is 28.4 Å². The first-order chi connectivity index (χ1) is 20.2. The molecular weight excluding hydrogens is 588 g/mol. The first kappa shape index (κ1) is 29.4. The van der Waals surface area contributed by atoms with E-state index in [4.69, 9.17) is 32.9 Å². The zero-order valence-corrected chi connectivity index (χ0v) is 23.8. The molecular formula is C31H25Cl2F3N4O2. The second-order valence-corrected chi connectivity index (χ2v) is 10.4. The predicted octanol–water partition coefficient (Wildman–Crippen LogP) is 8.26. The van der Waals surface area contributed by atoms with Gasteiger partial charge in [0.2, 0.25) is 0 Å². The SMILES string of the molecule is CCOc1cc(C(F)(F)F)ccc1C1=NC(c2ccc(Cl)cc2)C(c2ccc(Cl)cc2)N1C(=O)NCc1cccnc1. The topological polar surface area (TPSA) is 66.8 Å². The van der Waals surface area contributed by atoms with E-state index in [2.05, 4.69) is 10.3 Å². The van der Waals surface area contributed by atoms with Crippen LogP contribution in [-0.2, 0) is 12.7 Å². The molecule has 0 radical (unpaired) electrons. The van der Waals surface area contributed by atoms with Gasteiger partial charge in [-0.15, -0.1) is 0 Å². The minimum Gasteiger partial charge on any atom is -0.493 e. The number of hydrogen-bond acceptors (Lipinski definition) is 4. The van der Waals surface area contributed by atoms with Crippen molar-refractivity contribution in [2.24, 2.45) is 4.99 Å². The number of nitrogens with one attached hydrogen (secondary N) is 1. The number of hydrogen-bond donors (Lipinski definition) is 1. The quantitative estimate of drug-likeness (QED) is 0.228. The number of nitrogens with zero attached hydrogens (tertiary/aromatic N) is 3. The van der Waals surface area contributed by atoms with Crippen LogP contribution in [0.1, 0.15) is 46.8 Å². The molecule has 0 saturated carbocycles. The van der Waals surface area contributed by atoms with Crippen molar-refractivity contribution in [2.45, 2.75) is 31.7 Å². The third kappa shape index (κ3) is 6.37. The van der Waals surface area contributed by atoms with Crippen molar-refractivity contribution in [3.8, 4) is 5.75 Å². The van der Waals surface area contributed by atoms with Crippen LogP contribution < -0.4 is 10.1 Å². The molecule has 5 rings (SSSR count). The largest absolute Gasteiger partial charge is 0.493 e. The lowest BCUT2D eigenvalue weighted by Gasteiger charge is -2.30. The highest BCUT2D eigenvalue weighted by molar-refractivity contribution is 6.30. The van der Waals surface area contributed by atoms with Crippen LogP contribution in [0.3, 0.4) is 0 Å². The lowest BCUT2D eigenvalue weighted by Crippen LogP contribution is -2.44. The number of carbonyl (C=O) groups excluding carboxylic acids is 1. The lowest BCUT2D eigenvalue weighted by atomic mass is 9.94. The van der Waals surface area contributed by atoms with Crippen molar-refractivity contribution in [1.82, 2.24) is 15.2 Å². The second-order valence-electron chi connectivity index (χ2n) is 9.48. The van der Waals surface area contributed by atoms with Crippen molar-refractivity contribution < 1.29 is 22.7 Å². The molecule has 0 bridgehead atoms. The number of pyridine rings is 1. The third-order valence-electron chi connectivity index (χ3n) is 6.72. The van der Waals surface area contributed by atoms with Gasteiger partial charge in [0.15, 0.2) is 0 Å². The number of aliphatic imine (C=N–C) groups is 1. The Morgan fingerprint density at radius 2 is 1.64 bits per heavy atom. The normalized spacial score (nSPS) is 16.7. The number of amidine groups is 1. The van der Waals surface area contributed by atoms with E-state index in [1.807, 2.05) is 18.2 Å². The third-order valence-corrected chi connectivity index (χ3v) is 7.23. The highest BCUT2D eigenvalue weighted by Crippen LogP contribution is 2.45. The summed E-state index contributed by atoms with van der Waals surface area (Å²) in [5.41, 5.74) is 1.62. The molecule has 1 aliphatic heterocycles. The Bertz CT molecular complexity index is 1580. The summed E-state index contributed by atoms with van der Waals surface area (Å²) in [5, 5.41) is 3.95. The van der Waals surface area contributed by atoms with Crippen LogP contribution in [0.2, 0.25) is 10.0 Å². The number of amides is 2. The first-order valence-electron chi connectivity index (χ1n) is 13.0. The van der Waals surface area contributed by atoms with Gasteiger partial charge in [0.1, 0.15) is 17.6 Å². The summed E-state index contributed by atoms with van der Waals surface area (Å²) in [6.07, 6.45) is -1.32. The summed E-state index contributed by atoms with van der Waals surface area (Å²) in [4.78, 5) is 24.5. The van der Waals surface area contributed by atoms with Crippen molar-refractivity contribution in [3.05, 3.63) is 129 Å². The molecule has 2 heterocycles. The molecule has 216 valence electrons. The maximum atomic E-state index is 14.0. The van der Waals surface area contributed by atoms with E-state index in [9.17, 15) is 18.0 Å². The number of aromatic nitrogens is 1. The Balaban J connectivity index is 1.66. The molecule has 0 aliphatic carbocycles. The number of rotatable bonds is 7. The van der Waals surface area contributed by atoms with Gasteiger partial charge >= 0.3 is 12.2 Å². The van der Waals surface area contributed by atoms with E-state index >= 15 is 0 Å². The minimum atomic E-state index is -4.58. The van der Waals surface area contributed by atoms with Gasteiger partial charge in [0, 0.05) is 29.0 Å². The van der Waals surface area contributed by atoms with Crippen molar-refractivity contribution in [2.75, 3.05) is 6.61 Å². The Hall–Kier alpha value is -4.08. The van der Waals surface area contributed by atoms with Gasteiger partial charge in [-0.3, -0.25) is 14.9 Å². The maximum Gasteiger partial charge on any atom is 0.416 e. The number of ether oxygens (including phenoxy) is 1. The van der Waals surface area contributed by atoms with Crippen LogP contribution >= 0.6 is 23.2 Å². The van der Waals surface area contributed by atoms with Gasteiger partial charge < -0.3 is 10.1 Å². The Morgan fingerprint density at radius 3 is 2.24 bits per heavy atom. The molecule has 11 heteroatoms. The molecule has 0 saturated heterocycles. The fraction of sp³-hybridized carbons (Fsp3) is 0.194. The Labute approximate surface area is 250 Å². The smallest absolute Gasteiger partial charge is 0.416 e. The molecule has 42 heavy (non-hydrogen) atoms. The van der Waals surface area contributed by atoms with Crippen LogP contribution in [0.15, 0.2) is 96.2 Å². The van der Waals surface area contributed by atoms with Gasteiger partial charge in [0.25, 0.3) is 0 Å². The fourth-order valence-electron chi connectivity index (χ4n) is 4.79. The molecule has 1 N–H and O–H groups in total. The Kier molecular flexibility index (Phi) is 8.70. The van der Waals surface area contributed by atoms with Crippen molar-refractivity contribution in [1.29, 1.82) is 0 Å². The first-order valence-corrected chi connectivity index (χ1v) is 13.8. The number of benzene rings is 3. The predicted molar refractivity (Wildman–Crippen MR) is 156 cm³/mol. The van der Waals surface area contributed by atoms with Crippen LogP contribution in [0, 0.1) is 0 Å². The van der Waals surface area contributed by atoms with Crippen LogP contribution in [0.25, 0.3) is 0 Å². The molecule has 0 spiro atoms. The highest BCUT2D eigenvalue weighted by Gasteiger charge is 2.43. The van der Waals surface area contributed by atoms with E-state index in [-0.39, 0.29) is 30.3 Å². The van der Waals surface area contributed by atoms with E-state index < -0.39 is 29.9 Å². The second kappa shape index (κ2) is 12.4. The average Bonchev–Trinajstić information content (AvgIpc) is 3.37. The molecule has 2 amide bonds. The van der Waals surface area contributed by atoms with E-state index in [1.54, 1.807) is 61.8 Å². The van der Waals surface area contributed by atoms with E-state index in [0.717, 1.165) is 28.8 Å². The molecule has 1 aliphatic rings. The van der Waals surface area contributed by atoms with Crippen molar-refractivity contribution >= 4 is 35.1 Å². The van der Waals surface area contributed by atoms with Gasteiger partial charge in [-0.05, 0) is 72.1 Å². The fourth-order valence-corrected chi connectivity index (χ4v) is 5.04. The maximum absolute atomic E-state index is 14.0. The molecule has 0 fully saturated rings. The number of alkyl halides is 3. The summed E-state index contributed by atoms with van der Waals surface area (Å²) in [6, 6.07) is 19.0. The van der Waals surface area contributed by atoms with Gasteiger partial charge in [-0.2, -0.15) is 13.2 Å². The standard InChI is InChI=1S/C31H25Cl2F3N4O2/c1-2-42-26-16-22(31(34,35)36)9-14-25(26)29-39-27(20-5-10-23(32)11-6-20)28(21-7-12-24(33)13-8-21)40(29)30(41)38-18-19-4-3-15-37-17-19/h3-17,27-28H,2,18H2,1H3,(H,38,41). The van der Waals surface area contributed by atoms with Crippen LogP contribution in [0.4, 0.5) is 18.0 Å². The zero-order valence-electron chi connectivity index (χ0n) is 22.3. The summed E-state index contributed by atoms with van der Waals surface area (Å²) in [7, 11) is 0. The number of halogens is 5. The molecule has 1 aromatic heterocycles. The monoisotopic (exact) mass is 612 g/mol. The van der Waals surface area contributed by atoms with Gasteiger partial charge in [-0.1, -0.05) is 53.5 Å². The molecule has 2 unspecified atom stereocenters. The average molecular weight is 613 g/mol. The van der Waals surface area contributed by atoms with Gasteiger partial charge in [0.05, 0.1) is 23.8 Å². The van der Waals surface area contributed by atoms with Crippen LogP contribution in [0.5, 0.6) is 5.75 Å². The zero-order chi connectivity index (χ0) is 29.9. The molecule has 3 aromatic carbocycles. The lowest BCUT2D eigenvalue weighted by molar-refractivity contribution is -0.137. The minimum absolute atomic E-state index is 0.0391. The summed E-state index contributed by atoms with van der Waals surface area (Å²) < 4.78 is 46.6. The van der Waals surface area contributed by atoms with Crippen molar-refractivity contribution in [3.63, 3.8) is 0 Å². The number of urea groups is 1. The van der Waals surface area contributed by atoms with Gasteiger partial charge in [-0.25, -0.2) is 4.79 Å². The van der Waals surface area contributed by atoms with E-state index in [0.29, 0.717) is 10.0 Å². The number of carbonyl (C=O) groups is 1. The molecule has 4 aromatic rings. The highest BCUT2D eigenvalue weighted by atomic mass is 35.5. The molecule has 6 nitrogen and oxygen atoms in total. The summed E-state index contributed by atoms with van der Waals surface area (Å²) in [5.74, 6) is 0.124. The summed E-state index contributed by atoms with van der Waals surface area (Å²) >= 11 is 12.3. The molecule has 2 atom stereocenters. The Morgan fingerprint density at radius 1 is 0.976 bits per heavy atom. The van der Waals surface area contributed by atoms with E-state index in [1.165, 1.54) is 11.0 Å².